The lowest BCUT2D eigenvalue weighted by molar-refractivity contribution is -0.118. The number of carbonyl (C=O) groups is 1. The fourth-order valence-electron chi connectivity index (χ4n) is 2.13. The molecule has 1 fully saturated rings. The Labute approximate surface area is 86.8 Å². The molecule has 1 rings (SSSR count). The molecule has 0 spiro atoms. The van der Waals surface area contributed by atoms with Crippen molar-refractivity contribution in [3.05, 3.63) is 12.2 Å². The maximum absolute atomic E-state index is 11.4. The van der Waals surface area contributed by atoms with Crippen LogP contribution < -0.4 is 5.32 Å². The summed E-state index contributed by atoms with van der Waals surface area (Å²) in [4.78, 5) is 11.4. The van der Waals surface area contributed by atoms with Crippen LogP contribution in [-0.2, 0) is 4.79 Å². The minimum Gasteiger partial charge on any atom is -0.349 e. The summed E-state index contributed by atoms with van der Waals surface area (Å²) in [6, 6.07) is 0.347. The lowest BCUT2D eigenvalue weighted by Gasteiger charge is -2.38. The van der Waals surface area contributed by atoms with Crippen molar-refractivity contribution in [2.75, 3.05) is 0 Å². The number of rotatable bonds is 2. The molecule has 0 saturated heterocycles. The average Bonchev–Trinajstić information content (AvgIpc) is 2.09. The zero-order valence-electron chi connectivity index (χ0n) is 9.47. The monoisotopic (exact) mass is 195 g/mol. The number of allylic oxidation sites excluding steroid dienone is 1. The third-order valence-electron chi connectivity index (χ3n) is 3.14. The fourth-order valence-corrected chi connectivity index (χ4v) is 2.13. The Kier molecular flexibility index (Phi) is 3.73. The summed E-state index contributed by atoms with van der Waals surface area (Å²) in [5.41, 5.74) is 0.259. The maximum atomic E-state index is 11.4. The smallest absolute Gasteiger partial charge is 0.243 e. The zero-order valence-corrected chi connectivity index (χ0v) is 9.47. The van der Waals surface area contributed by atoms with Gasteiger partial charge in [-0.3, -0.25) is 4.79 Å². The van der Waals surface area contributed by atoms with Crippen molar-refractivity contribution in [1.82, 2.24) is 5.32 Å². The van der Waals surface area contributed by atoms with Crippen LogP contribution in [0.1, 0.15) is 46.5 Å². The van der Waals surface area contributed by atoms with E-state index in [4.69, 9.17) is 0 Å². The molecule has 1 aliphatic carbocycles. The predicted molar refractivity (Wildman–Crippen MR) is 59.0 cm³/mol. The molecule has 1 saturated carbocycles. The lowest BCUT2D eigenvalue weighted by atomic mass is 9.73. The third-order valence-corrected chi connectivity index (χ3v) is 3.14. The van der Waals surface area contributed by atoms with Crippen molar-refractivity contribution in [3.8, 4) is 0 Å². The van der Waals surface area contributed by atoms with Crippen LogP contribution in [0.2, 0.25) is 0 Å². The maximum Gasteiger partial charge on any atom is 0.243 e. The minimum atomic E-state index is 0.0486. The average molecular weight is 195 g/mol. The van der Waals surface area contributed by atoms with Gasteiger partial charge in [0.25, 0.3) is 0 Å². The van der Waals surface area contributed by atoms with Crippen molar-refractivity contribution in [3.63, 3.8) is 0 Å². The number of amides is 1. The first kappa shape index (κ1) is 11.3. The summed E-state index contributed by atoms with van der Waals surface area (Å²) < 4.78 is 0. The van der Waals surface area contributed by atoms with E-state index in [0.29, 0.717) is 6.04 Å². The Morgan fingerprint density at radius 2 is 2.14 bits per heavy atom. The second-order valence-electron chi connectivity index (χ2n) is 4.80. The van der Waals surface area contributed by atoms with Crippen molar-refractivity contribution >= 4 is 5.91 Å². The van der Waals surface area contributed by atoms with Crippen molar-refractivity contribution in [2.24, 2.45) is 5.41 Å². The third kappa shape index (κ3) is 2.86. The van der Waals surface area contributed by atoms with Gasteiger partial charge in [0.05, 0.1) is 0 Å². The molecule has 80 valence electrons. The molecule has 1 amide bonds. The van der Waals surface area contributed by atoms with E-state index in [0.717, 1.165) is 6.42 Å². The van der Waals surface area contributed by atoms with Crippen molar-refractivity contribution < 1.29 is 4.79 Å². The SMILES string of the molecule is C/C=C/C(=O)NC1CCCCC1(C)C. The molecular weight excluding hydrogens is 174 g/mol. The molecule has 1 N–H and O–H groups in total. The largest absolute Gasteiger partial charge is 0.349 e. The topological polar surface area (TPSA) is 29.1 Å². The second kappa shape index (κ2) is 4.63. The van der Waals surface area contributed by atoms with Gasteiger partial charge >= 0.3 is 0 Å². The van der Waals surface area contributed by atoms with Gasteiger partial charge in [-0.1, -0.05) is 32.8 Å². The summed E-state index contributed by atoms with van der Waals surface area (Å²) >= 11 is 0. The van der Waals surface area contributed by atoms with Crippen LogP contribution in [0.3, 0.4) is 0 Å². The molecule has 0 radical (unpaired) electrons. The minimum absolute atomic E-state index is 0.0486. The first-order valence-corrected chi connectivity index (χ1v) is 5.49. The van der Waals surface area contributed by atoms with E-state index < -0.39 is 0 Å². The van der Waals surface area contributed by atoms with E-state index >= 15 is 0 Å². The molecule has 2 nitrogen and oxygen atoms in total. The quantitative estimate of drug-likeness (QED) is 0.674. The standard InChI is InChI=1S/C12H21NO/c1-4-7-11(14)13-10-8-5-6-9-12(10,2)3/h4,7,10H,5-6,8-9H2,1-3H3,(H,13,14)/b7-4+. The molecule has 0 aliphatic heterocycles. The van der Waals surface area contributed by atoms with E-state index in [1.807, 2.05) is 6.92 Å². The Hall–Kier alpha value is -0.790. The van der Waals surface area contributed by atoms with Crippen LogP contribution in [0.25, 0.3) is 0 Å². The molecule has 0 aromatic heterocycles. The normalized spacial score (nSPS) is 26.4. The van der Waals surface area contributed by atoms with E-state index in [9.17, 15) is 4.79 Å². The van der Waals surface area contributed by atoms with Crippen molar-refractivity contribution in [2.45, 2.75) is 52.5 Å². The van der Waals surface area contributed by atoms with E-state index in [-0.39, 0.29) is 11.3 Å². The molecule has 1 aliphatic rings. The summed E-state index contributed by atoms with van der Waals surface area (Å²) in [5.74, 6) is 0.0486. The Morgan fingerprint density at radius 1 is 1.43 bits per heavy atom. The Balaban J connectivity index is 2.53. The van der Waals surface area contributed by atoms with Crippen LogP contribution in [0, 0.1) is 5.41 Å². The van der Waals surface area contributed by atoms with Gasteiger partial charge in [-0.25, -0.2) is 0 Å². The predicted octanol–water partition coefficient (Wildman–Crippen LogP) is 2.65. The van der Waals surface area contributed by atoms with Crippen LogP contribution in [-0.4, -0.2) is 11.9 Å². The van der Waals surface area contributed by atoms with Crippen LogP contribution in [0.5, 0.6) is 0 Å². The van der Waals surface area contributed by atoms with Crippen LogP contribution in [0.15, 0.2) is 12.2 Å². The zero-order chi connectivity index (χ0) is 10.6. The van der Waals surface area contributed by atoms with E-state index in [1.54, 1.807) is 12.2 Å². The molecule has 2 heteroatoms. The summed E-state index contributed by atoms with van der Waals surface area (Å²) in [6.07, 6.45) is 8.26. The number of hydrogen-bond acceptors (Lipinski definition) is 1. The van der Waals surface area contributed by atoms with E-state index in [2.05, 4.69) is 19.2 Å². The molecular formula is C12H21NO. The van der Waals surface area contributed by atoms with Crippen molar-refractivity contribution in [1.29, 1.82) is 0 Å². The first-order valence-electron chi connectivity index (χ1n) is 5.49. The molecule has 0 aromatic rings. The molecule has 0 aromatic carbocycles. The van der Waals surface area contributed by atoms with Gasteiger partial charge in [0.2, 0.25) is 5.91 Å². The number of carbonyl (C=O) groups excluding carboxylic acids is 1. The number of hydrogen-bond donors (Lipinski definition) is 1. The second-order valence-corrected chi connectivity index (χ2v) is 4.80. The molecule has 1 unspecified atom stereocenters. The van der Waals surface area contributed by atoms with E-state index in [1.165, 1.54) is 19.3 Å². The Bertz CT molecular complexity index is 230. The van der Waals surface area contributed by atoms with Gasteiger partial charge < -0.3 is 5.32 Å². The highest BCUT2D eigenvalue weighted by Crippen LogP contribution is 2.35. The number of nitrogens with one attached hydrogen (secondary N) is 1. The summed E-state index contributed by atoms with van der Waals surface area (Å²) in [5, 5.41) is 3.08. The lowest BCUT2D eigenvalue weighted by Crippen LogP contribution is -2.46. The van der Waals surface area contributed by atoms with Gasteiger partial charge in [-0.2, -0.15) is 0 Å². The molecule has 0 bridgehead atoms. The highest BCUT2D eigenvalue weighted by Gasteiger charge is 2.32. The van der Waals surface area contributed by atoms with Gasteiger partial charge in [-0.05, 0) is 31.3 Å². The van der Waals surface area contributed by atoms with Crippen LogP contribution in [0.4, 0.5) is 0 Å². The highest BCUT2D eigenvalue weighted by atomic mass is 16.1. The first-order chi connectivity index (χ1) is 6.56. The molecule has 0 heterocycles. The van der Waals surface area contributed by atoms with Gasteiger partial charge in [0, 0.05) is 6.04 Å². The molecule has 1 atom stereocenters. The summed E-state index contributed by atoms with van der Waals surface area (Å²) in [7, 11) is 0. The highest BCUT2D eigenvalue weighted by molar-refractivity contribution is 5.87. The summed E-state index contributed by atoms with van der Waals surface area (Å²) in [6.45, 7) is 6.35. The van der Waals surface area contributed by atoms with Gasteiger partial charge in [0.15, 0.2) is 0 Å². The van der Waals surface area contributed by atoms with Gasteiger partial charge in [0.1, 0.15) is 0 Å². The van der Waals surface area contributed by atoms with Crippen LogP contribution >= 0.6 is 0 Å². The Morgan fingerprint density at radius 3 is 2.71 bits per heavy atom. The van der Waals surface area contributed by atoms with Gasteiger partial charge in [-0.15, -0.1) is 0 Å². The molecule has 14 heavy (non-hydrogen) atoms. The fraction of sp³-hybridized carbons (Fsp3) is 0.750.